The Morgan fingerprint density at radius 3 is 2.20 bits per heavy atom. The van der Waals surface area contributed by atoms with Gasteiger partial charge < -0.3 is 4.74 Å². The molecule has 0 aromatic heterocycles. The smallest absolute Gasteiger partial charge is 0.346 e. The lowest BCUT2D eigenvalue weighted by Gasteiger charge is -2.01. The van der Waals surface area contributed by atoms with Crippen molar-refractivity contribution in [3.63, 3.8) is 0 Å². The Balaban J connectivity index is 0.00000196. The predicted octanol–water partition coefficient (Wildman–Crippen LogP) is 1.03. The van der Waals surface area contributed by atoms with E-state index in [0.717, 1.165) is 0 Å². The third-order valence-corrected chi connectivity index (χ3v) is 1.54. The van der Waals surface area contributed by atoms with E-state index in [2.05, 4.69) is 11.3 Å². The minimum Gasteiger partial charge on any atom is -0.386 e. The van der Waals surface area contributed by atoms with Crippen molar-refractivity contribution in [1.82, 2.24) is 0 Å². The highest BCUT2D eigenvalue weighted by Crippen LogP contribution is 2.03. The highest BCUT2D eigenvalue weighted by Gasteiger charge is 2.12. The first kappa shape index (κ1) is 13.9. The number of hydrogen-bond acceptors (Lipinski definition) is 3. The fraction of sp³-hybridized carbons (Fsp3) is 0.0909. The van der Waals surface area contributed by atoms with Crippen molar-refractivity contribution in [2.75, 3.05) is 0 Å². The third-order valence-electron chi connectivity index (χ3n) is 1.54. The molecule has 1 aromatic carbocycles. The SMILES string of the molecule is C=C(C)C(=O)OC(=O)c1ccccc1.[MgH2]. The second-order valence-corrected chi connectivity index (χ2v) is 2.82. The minimum absolute atomic E-state index is 0. The molecule has 0 heterocycles. The van der Waals surface area contributed by atoms with Crippen LogP contribution in [-0.4, -0.2) is 35.0 Å². The molecule has 0 bridgehead atoms. The zero-order valence-corrected chi connectivity index (χ0v) is 7.82. The van der Waals surface area contributed by atoms with Crippen molar-refractivity contribution in [1.29, 1.82) is 0 Å². The van der Waals surface area contributed by atoms with Crippen LogP contribution in [0.4, 0.5) is 0 Å². The van der Waals surface area contributed by atoms with E-state index >= 15 is 0 Å². The number of rotatable bonds is 2. The summed E-state index contributed by atoms with van der Waals surface area (Å²) in [7, 11) is 0. The van der Waals surface area contributed by atoms with Crippen LogP contribution < -0.4 is 0 Å². The molecule has 76 valence electrons. The summed E-state index contributed by atoms with van der Waals surface area (Å²) in [4.78, 5) is 22.3. The van der Waals surface area contributed by atoms with Gasteiger partial charge in [-0.3, -0.25) is 0 Å². The van der Waals surface area contributed by atoms with Crippen molar-refractivity contribution >= 4 is 35.0 Å². The van der Waals surface area contributed by atoms with Gasteiger partial charge in [-0.15, -0.1) is 0 Å². The first-order valence-electron chi connectivity index (χ1n) is 4.08. The maximum Gasteiger partial charge on any atom is 0.346 e. The Morgan fingerprint density at radius 2 is 1.73 bits per heavy atom. The van der Waals surface area contributed by atoms with Crippen LogP contribution in [0, 0.1) is 0 Å². The molecule has 3 nitrogen and oxygen atoms in total. The molecule has 0 N–H and O–H groups in total. The van der Waals surface area contributed by atoms with Crippen LogP contribution in [0.15, 0.2) is 42.5 Å². The topological polar surface area (TPSA) is 43.4 Å². The molecule has 1 rings (SSSR count). The lowest BCUT2D eigenvalue weighted by Crippen LogP contribution is -2.12. The van der Waals surface area contributed by atoms with Gasteiger partial charge in [0.05, 0.1) is 5.56 Å². The van der Waals surface area contributed by atoms with Crippen molar-refractivity contribution in [3.05, 3.63) is 48.0 Å². The average molecular weight is 217 g/mol. The van der Waals surface area contributed by atoms with Crippen LogP contribution in [0.25, 0.3) is 0 Å². The summed E-state index contributed by atoms with van der Waals surface area (Å²) in [5.41, 5.74) is 0.552. The highest BCUT2D eigenvalue weighted by atomic mass is 24.3. The molecule has 0 aliphatic heterocycles. The summed E-state index contributed by atoms with van der Waals surface area (Å²) < 4.78 is 4.52. The van der Waals surface area contributed by atoms with Crippen LogP contribution in [0.1, 0.15) is 17.3 Å². The molecule has 0 saturated carbocycles. The fourth-order valence-corrected chi connectivity index (χ4v) is 0.804. The summed E-state index contributed by atoms with van der Waals surface area (Å²) in [6, 6.07) is 8.32. The fourth-order valence-electron chi connectivity index (χ4n) is 0.804. The van der Waals surface area contributed by atoms with Gasteiger partial charge in [-0.2, -0.15) is 0 Å². The second-order valence-electron chi connectivity index (χ2n) is 2.82. The third kappa shape index (κ3) is 4.27. The molecule has 0 fully saturated rings. The summed E-state index contributed by atoms with van der Waals surface area (Å²) in [5, 5.41) is 0. The lowest BCUT2D eigenvalue weighted by molar-refractivity contribution is -0.133. The van der Waals surface area contributed by atoms with E-state index in [4.69, 9.17) is 0 Å². The first-order chi connectivity index (χ1) is 6.61. The van der Waals surface area contributed by atoms with Crippen LogP contribution in [0.2, 0.25) is 0 Å². The highest BCUT2D eigenvalue weighted by molar-refractivity contribution is 6.01. The lowest BCUT2D eigenvalue weighted by atomic mass is 10.2. The van der Waals surface area contributed by atoms with Crippen molar-refractivity contribution in [3.8, 4) is 0 Å². The summed E-state index contributed by atoms with van der Waals surface area (Å²) in [6.07, 6.45) is 0. The average Bonchev–Trinajstić information content (AvgIpc) is 2.19. The van der Waals surface area contributed by atoms with E-state index in [1.807, 2.05) is 0 Å². The van der Waals surface area contributed by atoms with Crippen LogP contribution >= 0.6 is 0 Å². The molecule has 0 spiro atoms. The van der Waals surface area contributed by atoms with Crippen molar-refractivity contribution in [2.24, 2.45) is 0 Å². The number of benzene rings is 1. The van der Waals surface area contributed by atoms with Crippen molar-refractivity contribution < 1.29 is 14.3 Å². The molecule has 0 saturated heterocycles. The van der Waals surface area contributed by atoms with E-state index in [1.54, 1.807) is 30.3 Å². The minimum atomic E-state index is -0.696. The van der Waals surface area contributed by atoms with Crippen LogP contribution in [0.3, 0.4) is 0 Å². The summed E-state index contributed by atoms with van der Waals surface area (Å²) >= 11 is 0. The van der Waals surface area contributed by atoms with E-state index in [0.29, 0.717) is 5.56 Å². The molecule has 0 radical (unpaired) electrons. The number of hydrogen-bond donors (Lipinski definition) is 0. The van der Waals surface area contributed by atoms with Gasteiger partial charge in [-0.05, 0) is 19.1 Å². The largest absolute Gasteiger partial charge is 0.386 e. The van der Waals surface area contributed by atoms with E-state index in [1.165, 1.54) is 6.92 Å². The van der Waals surface area contributed by atoms with Gasteiger partial charge in [0.25, 0.3) is 0 Å². The molecule has 0 unspecified atom stereocenters. The maximum atomic E-state index is 11.3. The molecule has 1 aromatic rings. The van der Waals surface area contributed by atoms with Crippen LogP contribution in [-0.2, 0) is 9.53 Å². The predicted molar refractivity (Wildman–Crippen MR) is 60.2 cm³/mol. The molecule has 0 aliphatic rings. The Labute approximate surface area is 104 Å². The quantitative estimate of drug-likeness (QED) is 0.321. The number of ether oxygens (including phenoxy) is 1. The van der Waals surface area contributed by atoms with Gasteiger partial charge >= 0.3 is 35.0 Å². The van der Waals surface area contributed by atoms with Gasteiger partial charge in [0, 0.05) is 5.57 Å². The Bertz CT molecular complexity index is 371. The standard InChI is InChI=1S/C11H10O3.Mg.2H/c1-8(2)10(12)14-11(13)9-6-4-3-5-7-9;;;/h3-7H,1H2,2H3;;;. The first-order valence-corrected chi connectivity index (χ1v) is 4.08. The summed E-state index contributed by atoms with van der Waals surface area (Å²) in [5.74, 6) is -1.35. The van der Waals surface area contributed by atoms with Gasteiger partial charge in [-0.25, -0.2) is 9.59 Å². The molecule has 0 atom stereocenters. The van der Waals surface area contributed by atoms with Gasteiger partial charge in [-0.1, -0.05) is 24.8 Å². The Hall–Kier alpha value is -1.13. The molecular formula is C11H12MgO3. The molecule has 4 heteroatoms. The normalized spacial score (nSPS) is 8.60. The van der Waals surface area contributed by atoms with Gasteiger partial charge in [0.2, 0.25) is 0 Å². The van der Waals surface area contributed by atoms with E-state index in [-0.39, 0.29) is 28.6 Å². The van der Waals surface area contributed by atoms with Crippen molar-refractivity contribution in [2.45, 2.75) is 6.92 Å². The number of carbonyl (C=O) groups is 2. The van der Waals surface area contributed by atoms with E-state index in [9.17, 15) is 9.59 Å². The summed E-state index contributed by atoms with van der Waals surface area (Å²) in [6.45, 7) is 4.86. The molecule has 0 amide bonds. The molecular weight excluding hydrogens is 204 g/mol. The zero-order chi connectivity index (χ0) is 10.6. The van der Waals surface area contributed by atoms with Gasteiger partial charge in [0.1, 0.15) is 0 Å². The molecule has 0 aliphatic carbocycles. The number of esters is 2. The Kier molecular flexibility index (Phi) is 5.89. The van der Waals surface area contributed by atoms with E-state index < -0.39 is 11.9 Å². The monoisotopic (exact) mass is 216 g/mol. The second kappa shape index (κ2) is 6.37. The Morgan fingerprint density at radius 1 is 1.20 bits per heavy atom. The zero-order valence-electron chi connectivity index (χ0n) is 7.82. The van der Waals surface area contributed by atoms with Gasteiger partial charge in [0.15, 0.2) is 0 Å². The molecule has 15 heavy (non-hydrogen) atoms. The number of carbonyl (C=O) groups excluding carboxylic acids is 2. The van der Waals surface area contributed by atoms with Crippen LogP contribution in [0.5, 0.6) is 0 Å². The maximum absolute atomic E-state index is 11.3.